The number of likely N-dealkylation sites (N-methyl/N-ethyl adjacent to an activating group) is 1. The third kappa shape index (κ3) is 5.50. The highest BCUT2D eigenvalue weighted by atomic mass is 35.5. The maximum atomic E-state index is 12.6. The van der Waals surface area contributed by atoms with Crippen LogP contribution in [-0.2, 0) is 10.9 Å². The van der Waals surface area contributed by atoms with Gasteiger partial charge in [-0.1, -0.05) is 49.4 Å². The molecule has 1 heterocycles. The van der Waals surface area contributed by atoms with Crippen molar-refractivity contribution in [1.82, 2.24) is 4.90 Å². The van der Waals surface area contributed by atoms with Gasteiger partial charge in [0, 0.05) is 19.0 Å². The Bertz CT molecular complexity index is 735. The summed E-state index contributed by atoms with van der Waals surface area (Å²) in [5, 5.41) is 0. The molecule has 2 unspecified atom stereocenters. The molecule has 2 nitrogen and oxygen atoms in total. The molecule has 0 saturated heterocycles. The third-order valence-electron chi connectivity index (χ3n) is 4.65. The molecule has 2 aliphatic rings. The quantitative estimate of drug-likeness (QED) is 0.629. The minimum atomic E-state index is -4.29. The van der Waals surface area contributed by atoms with E-state index >= 15 is 0 Å². The fourth-order valence-corrected chi connectivity index (χ4v) is 3.12. The fourth-order valence-electron chi connectivity index (χ4n) is 3.12. The van der Waals surface area contributed by atoms with Crippen molar-refractivity contribution in [2.75, 3.05) is 19.6 Å². The van der Waals surface area contributed by atoms with Gasteiger partial charge < -0.3 is 4.74 Å². The van der Waals surface area contributed by atoms with Gasteiger partial charge in [-0.15, -0.1) is 12.4 Å². The molecule has 1 aromatic carbocycles. The summed E-state index contributed by atoms with van der Waals surface area (Å²) < 4.78 is 43.4. The number of ether oxygens (including phenoxy) is 1. The summed E-state index contributed by atoms with van der Waals surface area (Å²) >= 11 is 0. The molecule has 0 fully saturated rings. The van der Waals surface area contributed by atoms with E-state index in [9.17, 15) is 13.2 Å². The standard InChI is InChI=1S/C21H22F3NO.ClH/c1-2-25(14-17-15-26-20-8-4-3-7-19(17)20)13-5-6-16-9-11-18(12-10-16)21(22,23)24;/h3-12,15,19-20H,2,13-14H2,1H3;1H/b6-5+;. The predicted octanol–water partition coefficient (Wildman–Crippen LogP) is 5.49. The number of rotatable bonds is 6. The zero-order valence-electron chi connectivity index (χ0n) is 15.0. The first-order valence-corrected chi connectivity index (χ1v) is 8.73. The molecular formula is C21H23ClF3NO. The van der Waals surface area contributed by atoms with Crippen LogP contribution in [0, 0.1) is 5.92 Å². The van der Waals surface area contributed by atoms with E-state index in [0.29, 0.717) is 5.92 Å². The number of allylic oxidation sites excluding steroid dienone is 2. The summed E-state index contributed by atoms with van der Waals surface area (Å²) in [6.45, 7) is 4.51. The van der Waals surface area contributed by atoms with E-state index in [0.717, 1.165) is 37.3 Å². The van der Waals surface area contributed by atoms with Crippen LogP contribution in [0.15, 0.2) is 66.5 Å². The van der Waals surface area contributed by atoms with Crippen LogP contribution in [-0.4, -0.2) is 30.6 Å². The number of hydrogen-bond acceptors (Lipinski definition) is 2. The lowest BCUT2D eigenvalue weighted by Crippen LogP contribution is -2.28. The number of benzene rings is 1. The van der Waals surface area contributed by atoms with Gasteiger partial charge in [0.25, 0.3) is 0 Å². The lowest BCUT2D eigenvalue weighted by atomic mass is 9.92. The van der Waals surface area contributed by atoms with Crippen molar-refractivity contribution in [3.05, 3.63) is 77.6 Å². The third-order valence-corrected chi connectivity index (χ3v) is 4.65. The number of alkyl halides is 3. The molecule has 0 aromatic heterocycles. The van der Waals surface area contributed by atoms with Gasteiger partial charge in [0.15, 0.2) is 0 Å². The molecular weight excluding hydrogens is 375 g/mol. The minimum Gasteiger partial charge on any atom is -0.493 e. The van der Waals surface area contributed by atoms with Gasteiger partial charge in [0.05, 0.1) is 11.8 Å². The second-order valence-corrected chi connectivity index (χ2v) is 6.44. The van der Waals surface area contributed by atoms with E-state index in [4.69, 9.17) is 4.74 Å². The number of nitrogens with zero attached hydrogens (tertiary/aromatic N) is 1. The van der Waals surface area contributed by atoms with E-state index in [-0.39, 0.29) is 18.5 Å². The summed E-state index contributed by atoms with van der Waals surface area (Å²) in [5.74, 6) is 0.299. The topological polar surface area (TPSA) is 12.5 Å². The average Bonchev–Trinajstić information content (AvgIpc) is 3.03. The molecule has 1 aliphatic heterocycles. The van der Waals surface area contributed by atoms with E-state index in [1.165, 1.54) is 17.7 Å². The van der Waals surface area contributed by atoms with E-state index in [1.807, 2.05) is 30.6 Å². The Labute approximate surface area is 164 Å². The first-order chi connectivity index (χ1) is 12.5. The highest BCUT2D eigenvalue weighted by Gasteiger charge is 2.30. The average molecular weight is 398 g/mol. The van der Waals surface area contributed by atoms with Crippen LogP contribution in [0.2, 0.25) is 0 Å². The lowest BCUT2D eigenvalue weighted by molar-refractivity contribution is -0.137. The van der Waals surface area contributed by atoms with Gasteiger partial charge in [-0.05, 0) is 35.9 Å². The summed E-state index contributed by atoms with van der Waals surface area (Å²) in [7, 11) is 0. The largest absolute Gasteiger partial charge is 0.493 e. The molecule has 146 valence electrons. The van der Waals surface area contributed by atoms with Crippen molar-refractivity contribution >= 4 is 18.5 Å². The smallest absolute Gasteiger partial charge is 0.416 e. The van der Waals surface area contributed by atoms with Crippen molar-refractivity contribution in [3.63, 3.8) is 0 Å². The lowest BCUT2D eigenvalue weighted by Gasteiger charge is -2.23. The van der Waals surface area contributed by atoms with Crippen molar-refractivity contribution in [1.29, 1.82) is 0 Å². The zero-order valence-corrected chi connectivity index (χ0v) is 15.8. The highest BCUT2D eigenvalue weighted by Crippen LogP contribution is 2.31. The summed E-state index contributed by atoms with van der Waals surface area (Å²) in [5.41, 5.74) is 1.39. The molecule has 0 N–H and O–H groups in total. The minimum absolute atomic E-state index is 0. The van der Waals surface area contributed by atoms with Crippen molar-refractivity contribution in [2.24, 2.45) is 5.92 Å². The summed E-state index contributed by atoms with van der Waals surface area (Å²) in [6.07, 6.45) is 9.79. The molecule has 6 heteroatoms. The van der Waals surface area contributed by atoms with Gasteiger partial charge in [-0.2, -0.15) is 13.2 Å². The van der Waals surface area contributed by atoms with Crippen LogP contribution >= 0.6 is 12.4 Å². The van der Waals surface area contributed by atoms with Gasteiger partial charge in [0.1, 0.15) is 6.10 Å². The zero-order chi connectivity index (χ0) is 18.6. The van der Waals surface area contributed by atoms with Crippen LogP contribution < -0.4 is 0 Å². The van der Waals surface area contributed by atoms with Crippen LogP contribution in [0.5, 0.6) is 0 Å². The molecule has 0 saturated carbocycles. The maximum absolute atomic E-state index is 12.6. The highest BCUT2D eigenvalue weighted by molar-refractivity contribution is 5.85. The van der Waals surface area contributed by atoms with Crippen molar-refractivity contribution in [2.45, 2.75) is 19.2 Å². The Morgan fingerprint density at radius 1 is 1.11 bits per heavy atom. The van der Waals surface area contributed by atoms with Crippen LogP contribution in [0.3, 0.4) is 0 Å². The van der Waals surface area contributed by atoms with Crippen LogP contribution in [0.25, 0.3) is 6.08 Å². The summed E-state index contributed by atoms with van der Waals surface area (Å²) in [4.78, 5) is 2.27. The molecule has 27 heavy (non-hydrogen) atoms. The van der Waals surface area contributed by atoms with Gasteiger partial charge in [0.2, 0.25) is 0 Å². The van der Waals surface area contributed by atoms with Crippen molar-refractivity contribution < 1.29 is 17.9 Å². The van der Waals surface area contributed by atoms with E-state index in [2.05, 4.69) is 24.0 Å². The Hall–Kier alpha value is -1.98. The number of fused-ring (bicyclic) bond motifs is 1. The first-order valence-electron chi connectivity index (χ1n) is 8.73. The first kappa shape index (κ1) is 21.3. The monoisotopic (exact) mass is 397 g/mol. The van der Waals surface area contributed by atoms with Gasteiger partial charge in [-0.3, -0.25) is 4.90 Å². The Morgan fingerprint density at radius 3 is 2.48 bits per heavy atom. The van der Waals surface area contributed by atoms with Crippen molar-refractivity contribution in [3.8, 4) is 0 Å². The molecule has 0 spiro atoms. The molecule has 1 aromatic rings. The van der Waals surface area contributed by atoms with Crippen LogP contribution in [0.4, 0.5) is 13.2 Å². The van der Waals surface area contributed by atoms with E-state index in [1.54, 1.807) is 0 Å². The number of halogens is 4. The molecule has 2 atom stereocenters. The Balaban J connectivity index is 0.00000261. The molecule has 3 rings (SSSR count). The normalized spacial score (nSPS) is 21.1. The second kappa shape index (κ2) is 9.29. The van der Waals surface area contributed by atoms with Gasteiger partial charge in [-0.25, -0.2) is 0 Å². The fraction of sp³-hybridized carbons (Fsp3) is 0.333. The summed E-state index contributed by atoms with van der Waals surface area (Å²) in [6, 6.07) is 5.21. The SMILES string of the molecule is CCN(C/C=C/c1ccc(C(F)(F)F)cc1)CC1=COC2C=CC=CC12.Cl. The maximum Gasteiger partial charge on any atom is 0.416 e. The molecule has 0 amide bonds. The van der Waals surface area contributed by atoms with Gasteiger partial charge >= 0.3 is 6.18 Å². The van der Waals surface area contributed by atoms with Crippen LogP contribution in [0.1, 0.15) is 18.1 Å². The molecule has 0 radical (unpaired) electrons. The number of hydrogen-bond donors (Lipinski definition) is 0. The second-order valence-electron chi connectivity index (χ2n) is 6.44. The predicted molar refractivity (Wildman–Crippen MR) is 105 cm³/mol. The van der Waals surface area contributed by atoms with E-state index < -0.39 is 11.7 Å². The molecule has 0 bridgehead atoms. The Morgan fingerprint density at radius 2 is 1.81 bits per heavy atom. The Kier molecular flexibility index (Phi) is 7.33. The molecule has 1 aliphatic carbocycles.